The molecule has 0 saturated carbocycles. The summed E-state index contributed by atoms with van der Waals surface area (Å²) in [6, 6.07) is 0. The normalized spacial score (nSPS) is 19.1. The van der Waals surface area contributed by atoms with Crippen molar-refractivity contribution in [2.24, 2.45) is 7.05 Å². The number of hydrogen-bond acceptors (Lipinski definition) is 4. The molecule has 0 bridgehead atoms. The predicted molar refractivity (Wildman–Crippen MR) is 69.5 cm³/mol. The van der Waals surface area contributed by atoms with Crippen molar-refractivity contribution in [2.45, 2.75) is 11.2 Å². The number of aryl methyl sites for hydroxylation is 1. The smallest absolute Gasteiger partial charge is 0.324 e. The van der Waals surface area contributed by atoms with Gasteiger partial charge in [0, 0.05) is 33.2 Å². The molecule has 1 saturated heterocycles. The fourth-order valence-corrected chi connectivity index (χ4v) is 3.88. The number of alkyl halides is 3. The maximum atomic E-state index is 12.3. The van der Waals surface area contributed by atoms with Gasteiger partial charge in [-0.3, -0.25) is 4.90 Å². The third-order valence-electron chi connectivity index (χ3n) is 3.15. The van der Waals surface area contributed by atoms with Crippen LogP contribution in [0.15, 0.2) is 11.4 Å². The molecule has 2 rings (SSSR count). The predicted octanol–water partition coefficient (Wildman–Crippen LogP) is 0.942. The Kier molecular flexibility index (Phi) is 4.52. The van der Waals surface area contributed by atoms with Crippen molar-refractivity contribution in [1.82, 2.24) is 18.8 Å². The Labute approximate surface area is 125 Å². The number of hydrogen-bond donors (Lipinski definition) is 0. The van der Waals surface area contributed by atoms with E-state index in [1.54, 1.807) is 7.05 Å². The molecular formula is C10H14ClF3N4O2S. The molecule has 1 aromatic rings. The molecule has 1 aliphatic heterocycles. The van der Waals surface area contributed by atoms with Crippen LogP contribution in [0.1, 0.15) is 0 Å². The van der Waals surface area contributed by atoms with Gasteiger partial charge in [0.25, 0.3) is 10.0 Å². The molecule has 0 aliphatic carbocycles. The van der Waals surface area contributed by atoms with Crippen molar-refractivity contribution >= 4 is 21.6 Å². The Morgan fingerprint density at radius 3 is 2.29 bits per heavy atom. The molecule has 2 heterocycles. The first-order chi connectivity index (χ1) is 9.61. The van der Waals surface area contributed by atoms with E-state index in [4.69, 9.17) is 11.6 Å². The van der Waals surface area contributed by atoms with Crippen LogP contribution in [0.5, 0.6) is 0 Å². The summed E-state index contributed by atoms with van der Waals surface area (Å²) in [5.74, 6) is 0. The van der Waals surface area contributed by atoms with E-state index in [9.17, 15) is 21.6 Å². The highest BCUT2D eigenvalue weighted by atomic mass is 35.5. The number of imidazole rings is 1. The first-order valence-corrected chi connectivity index (χ1v) is 7.89. The van der Waals surface area contributed by atoms with Gasteiger partial charge < -0.3 is 4.57 Å². The zero-order valence-corrected chi connectivity index (χ0v) is 12.7. The Hall–Kier alpha value is -0.840. The minimum absolute atomic E-state index is 0.0171. The molecule has 0 atom stereocenters. The van der Waals surface area contributed by atoms with Crippen LogP contribution in [-0.2, 0) is 17.1 Å². The Balaban J connectivity index is 2.06. The van der Waals surface area contributed by atoms with Crippen LogP contribution >= 0.6 is 11.6 Å². The van der Waals surface area contributed by atoms with E-state index < -0.39 is 22.7 Å². The van der Waals surface area contributed by atoms with E-state index in [1.165, 1.54) is 15.8 Å². The number of aromatic nitrogens is 2. The van der Waals surface area contributed by atoms with Crippen LogP contribution in [0, 0.1) is 0 Å². The van der Waals surface area contributed by atoms with E-state index >= 15 is 0 Å². The molecule has 1 fully saturated rings. The van der Waals surface area contributed by atoms with Gasteiger partial charge in [0.05, 0.1) is 12.9 Å². The van der Waals surface area contributed by atoms with E-state index in [-0.39, 0.29) is 36.4 Å². The third kappa shape index (κ3) is 3.68. The molecular weight excluding hydrogens is 333 g/mol. The van der Waals surface area contributed by atoms with E-state index in [2.05, 4.69) is 4.98 Å². The number of halogens is 4. The first kappa shape index (κ1) is 16.5. The fourth-order valence-electron chi connectivity index (χ4n) is 2.07. The SMILES string of the molecule is Cn1cnc(S(=O)(=O)N2CCN(CC(F)(F)F)CC2)c1Cl. The molecule has 1 aromatic heterocycles. The highest BCUT2D eigenvalue weighted by Crippen LogP contribution is 2.24. The summed E-state index contributed by atoms with van der Waals surface area (Å²) in [6.45, 7) is -1.05. The van der Waals surface area contributed by atoms with Gasteiger partial charge in [0.1, 0.15) is 5.15 Å². The molecule has 6 nitrogen and oxygen atoms in total. The highest BCUT2D eigenvalue weighted by Gasteiger charge is 2.36. The van der Waals surface area contributed by atoms with Gasteiger partial charge in [-0.25, -0.2) is 13.4 Å². The van der Waals surface area contributed by atoms with Gasteiger partial charge in [-0.15, -0.1) is 0 Å². The molecule has 0 unspecified atom stereocenters. The summed E-state index contributed by atoms with van der Waals surface area (Å²) in [5, 5.41) is -0.288. The largest absolute Gasteiger partial charge is 0.401 e. The Morgan fingerprint density at radius 2 is 1.86 bits per heavy atom. The zero-order chi connectivity index (χ0) is 15.8. The third-order valence-corrected chi connectivity index (χ3v) is 5.54. The monoisotopic (exact) mass is 346 g/mol. The van der Waals surface area contributed by atoms with Crippen LogP contribution in [0.4, 0.5) is 13.2 Å². The lowest BCUT2D eigenvalue weighted by atomic mass is 10.3. The molecule has 0 N–H and O–H groups in total. The highest BCUT2D eigenvalue weighted by molar-refractivity contribution is 7.89. The molecule has 0 radical (unpaired) electrons. The number of rotatable bonds is 3. The van der Waals surface area contributed by atoms with Crippen molar-refractivity contribution in [3.8, 4) is 0 Å². The summed E-state index contributed by atoms with van der Waals surface area (Å²) < 4.78 is 64.0. The Morgan fingerprint density at radius 1 is 1.29 bits per heavy atom. The van der Waals surface area contributed by atoms with Crippen LogP contribution in [-0.4, -0.2) is 66.1 Å². The van der Waals surface area contributed by atoms with E-state index in [0.717, 1.165) is 4.31 Å². The van der Waals surface area contributed by atoms with Crippen molar-refractivity contribution in [2.75, 3.05) is 32.7 Å². The minimum atomic E-state index is -4.29. The fraction of sp³-hybridized carbons (Fsp3) is 0.700. The molecule has 0 amide bonds. The van der Waals surface area contributed by atoms with Crippen molar-refractivity contribution < 1.29 is 21.6 Å². The van der Waals surface area contributed by atoms with Crippen LogP contribution in [0.25, 0.3) is 0 Å². The maximum Gasteiger partial charge on any atom is 0.401 e. The first-order valence-electron chi connectivity index (χ1n) is 6.07. The van der Waals surface area contributed by atoms with Crippen LogP contribution < -0.4 is 0 Å². The van der Waals surface area contributed by atoms with Crippen molar-refractivity contribution in [3.05, 3.63) is 11.5 Å². The standard InChI is InChI=1S/C10H14ClF3N4O2S/c1-16-7-15-9(8(16)11)21(19,20)18-4-2-17(3-5-18)6-10(12,13)14/h7H,2-6H2,1H3. The van der Waals surface area contributed by atoms with E-state index in [1.807, 2.05) is 0 Å². The van der Waals surface area contributed by atoms with Gasteiger partial charge in [0.2, 0.25) is 5.03 Å². The summed E-state index contributed by atoms with van der Waals surface area (Å²) in [4.78, 5) is 4.92. The van der Waals surface area contributed by atoms with Gasteiger partial charge >= 0.3 is 6.18 Å². The zero-order valence-electron chi connectivity index (χ0n) is 11.1. The van der Waals surface area contributed by atoms with Gasteiger partial charge in [-0.05, 0) is 0 Å². The molecule has 21 heavy (non-hydrogen) atoms. The lowest BCUT2D eigenvalue weighted by Gasteiger charge is -2.33. The van der Waals surface area contributed by atoms with Gasteiger partial charge in [0.15, 0.2) is 0 Å². The summed E-state index contributed by atoms with van der Waals surface area (Å²) in [5.41, 5.74) is 0. The van der Waals surface area contributed by atoms with Crippen LogP contribution in [0.2, 0.25) is 5.15 Å². The van der Waals surface area contributed by atoms with Crippen LogP contribution in [0.3, 0.4) is 0 Å². The number of nitrogens with zero attached hydrogens (tertiary/aromatic N) is 4. The quantitative estimate of drug-likeness (QED) is 0.817. The topological polar surface area (TPSA) is 58.4 Å². The second kappa shape index (κ2) is 5.75. The molecule has 120 valence electrons. The van der Waals surface area contributed by atoms with Crippen molar-refractivity contribution in [1.29, 1.82) is 0 Å². The van der Waals surface area contributed by atoms with Crippen molar-refractivity contribution in [3.63, 3.8) is 0 Å². The Bertz CT molecular complexity index is 608. The molecule has 0 spiro atoms. The summed E-state index contributed by atoms with van der Waals surface area (Å²) in [6.07, 6.45) is -3.01. The molecule has 11 heteroatoms. The lowest BCUT2D eigenvalue weighted by Crippen LogP contribution is -2.50. The van der Waals surface area contributed by atoms with Gasteiger partial charge in [-0.1, -0.05) is 11.6 Å². The molecule has 1 aliphatic rings. The lowest BCUT2D eigenvalue weighted by molar-refractivity contribution is -0.148. The average Bonchev–Trinajstić information content (AvgIpc) is 2.69. The summed E-state index contributed by atoms with van der Waals surface area (Å²) >= 11 is 5.86. The molecule has 0 aromatic carbocycles. The second-order valence-electron chi connectivity index (χ2n) is 4.75. The number of sulfonamides is 1. The average molecular weight is 347 g/mol. The minimum Gasteiger partial charge on any atom is -0.324 e. The number of piperazine rings is 1. The summed E-state index contributed by atoms with van der Waals surface area (Å²) in [7, 11) is -2.33. The maximum absolute atomic E-state index is 12.3. The second-order valence-corrected chi connectivity index (χ2v) is 6.96. The van der Waals surface area contributed by atoms with Gasteiger partial charge in [-0.2, -0.15) is 17.5 Å². The van der Waals surface area contributed by atoms with E-state index in [0.29, 0.717) is 0 Å².